The monoisotopic (exact) mass is 408 g/mol. The second kappa shape index (κ2) is 7.84. The van der Waals surface area contributed by atoms with Crippen LogP contribution in [0.15, 0.2) is 91.1 Å². The van der Waals surface area contributed by atoms with Crippen molar-refractivity contribution in [1.82, 2.24) is 15.0 Å². The standard InChI is InChI=1S/C26H24N4O/c1-26(16-22-19-29(28-27-22)17-20-10-4-2-5-11-20)23-14-8-9-15-24(23)30(25(26)31)18-21-12-6-3-7-13-21/h2-15,19H,16-18H2,1H3/t26-/m0/s1. The van der Waals surface area contributed by atoms with Gasteiger partial charge in [0.25, 0.3) is 0 Å². The van der Waals surface area contributed by atoms with E-state index in [1.807, 2.05) is 77.3 Å². The number of nitrogens with zero attached hydrogens (tertiary/aromatic N) is 4. The lowest BCUT2D eigenvalue weighted by molar-refractivity contribution is -0.122. The van der Waals surface area contributed by atoms with Gasteiger partial charge in [-0.1, -0.05) is 84.1 Å². The van der Waals surface area contributed by atoms with Crippen LogP contribution >= 0.6 is 0 Å². The van der Waals surface area contributed by atoms with Gasteiger partial charge in [-0.25, -0.2) is 4.68 Å². The quantitative estimate of drug-likeness (QED) is 0.476. The van der Waals surface area contributed by atoms with Gasteiger partial charge in [-0.3, -0.25) is 4.79 Å². The zero-order valence-corrected chi connectivity index (χ0v) is 17.5. The third-order valence-corrected chi connectivity index (χ3v) is 6.00. The van der Waals surface area contributed by atoms with Crippen LogP contribution in [-0.2, 0) is 29.7 Å². The minimum atomic E-state index is -0.668. The Bertz CT molecular complexity index is 1200. The number of hydrogen-bond donors (Lipinski definition) is 0. The molecular formula is C26H24N4O. The highest BCUT2D eigenvalue weighted by Gasteiger charge is 2.47. The normalized spacial score (nSPS) is 17.7. The molecule has 0 N–H and O–H groups in total. The van der Waals surface area contributed by atoms with Crippen molar-refractivity contribution in [3.8, 4) is 0 Å². The first-order chi connectivity index (χ1) is 15.1. The van der Waals surface area contributed by atoms with E-state index >= 15 is 0 Å². The molecule has 1 amide bonds. The van der Waals surface area contributed by atoms with E-state index in [1.54, 1.807) is 0 Å². The highest BCUT2D eigenvalue weighted by Crippen LogP contribution is 2.44. The van der Waals surface area contributed by atoms with Gasteiger partial charge in [0.05, 0.1) is 24.2 Å². The molecule has 5 heteroatoms. The molecule has 1 aliphatic rings. The highest BCUT2D eigenvalue weighted by molar-refractivity contribution is 6.07. The summed E-state index contributed by atoms with van der Waals surface area (Å²) in [5.41, 5.74) is 4.47. The van der Waals surface area contributed by atoms with Crippen LogP contribution < -0.4 is 4.90 Å². The summed E-state index contributed by atoms with van der Waals surface area (Å²) in [5.74, 6) is 0.107. The Morgan fingerprint density at radius 1 is 0.806 bits per heavy atom. The lowest BCUT2D eigenvalue weighted by atomic mass is 9.80. The number of benzene rings is 3. The van der Waals surface area contributed by atoms with Crippen LogP contribution in [0.1, 0.15) is 29.3 Å². The predicted molar refractivity (Wildman–Crippen MR) is 121 cm³/mol. The van der Waals surface area contributed by atoms with Crippen LogP contribution in [0.4, 0.5) is 5.69 Å². The minimum absolute atomic E-state index is 0.107. The smallest absolute Gasteiger partial charge is 0.238 e. The van der Waals surface area contributed by atoms with Gasteiger partial charge in [0.15, 0.2) is 0 Å². The van der Waals surface area contributed by atoms with Crippen molar-refractivity contribution in [3.05, 3.63) is 114 Å². The summed E-state index contributed by atoms with van der Waals surface area (Å²) >= 11 is 0. The van der Waals surface area contributed by atoms with Gasteiger partial charge in [-0.2, -0.15) is 0 Å². The topological polar surface area (TPSA) is 51.0 Å². The van der Waals surface area contributed by atoms with Crippen LogP contribution in [0, 0.1) is 0 Å². The maximum absolute atomic E-state index is 13.7. The molecule has 0 saturated heterocycles. The largest absolute Gasteiger partial charge is 0.307 e. The van der Waals surface area contributed by atoms with Crippen LogP contribution in [0.2, 0.25) is 0 Å². The fraction of sp³-hybridized carbons (Fsp3) is 0.192. The van der Waals surface area contributed by atoms with Gasteiger partial charge in [-0.05, 0) is 29.7 Å². The van der Waals surface area contributed by atoms with E-state index in [0.29, 0.717) is 19.5 Å². The fourth-order valence-electron chi connectivity index (χ4n) is 4.42. The van der Waals surface area contributed by atoms with E-state index in [0.717, 1.165) is 22.5 Å². The Kier molecular flexibility index (Phi) is 4.86. The van der Waals surface area contributed by atoms with Gasteiger partial charge < -0.3 is 4.90 Å². The maximum Gasteiger partial charge on any atom is 0.238 e. The number of hydrogen-bond acceptors (Lipinski definition) is 3. The van der Waals surface area contributed by atoms with E-state index in [9.17, 15) is 4.79 Å². The number of carbonyl (C=O) groups excluding carboxylic acids is 1. The van der Waals surface area contributed by atoms with Crippen LogP contribution in [0.3, 0.4) is 0 Å². The molecule has 0 saturated carbocycles. The number of para-hydroxylation sites is 1. The molecule has 4 aromatic rings. The zero-order chi connectivity index (χ0) is 21.3. The molecule has 3 aromatic carbocycles. The van der Waals surface area contributed by atoms with E-state index in [4.69, 9.17) is 0 Å². The SMILES string of the molecule is C[C@@]1(Cc2cn(Cc3ccccc3)nn2)C(=O)N(Cc2ccccc2)c2ccccc21. The molecule has 1 aliphatic heterocycles. The van der Waals surface area contributed by atoms with E-state index < -0.39 is 5.41 Å². The summed E-state index contributed by atoms with van der Waals surface area (Å²) in [6, 6.07) is 28.4. The van der Waals surface area contributed by atoms with Gasteiger partial charge in [0.1, 0.15) is 0 Å². The molecule has 0 radical (unpaired) electrons. The molecular weight excluding hydrogens is 384 g/mol. The summed E-state index contributed by atoms with van der Waals surface area (Å²) in [7, 11) is 0. The molecule has 5 nitrogen and oxygen atoms in total. The van der Waals surface area contributed by atoms with Gasteiger partial charge >= 0.3 is 0 Å². The first-order valence-corrected chi connectivity index (χ1v) is 10.5. The van der Waals surface area contributed by atoms with Crippen molar-refractivity contribution in [3.63, 3.8) is 0 Å². The summed E-state index contributed by atoms with van der Waals surface area (Å²) in [4.78, 5) is 15.6. The predicted octanol–water partition coefficient (Wildman–Crippen LogP) is 4.37. The van der Waals surface area contributed by atoms with Crippen LogP contribution in [0.25, 0.3) is 0 Å². The maximum atomic E-state index is 13.7. The van der Waals surface area contributed by atoms with Crippen molar-refractivity contribution in [2.24, 2.45) is 0 Å². The third kappa shape index (κ3) is 3.63. The van der Waals surface area contributed by atoms with Crippen LogP contribution in [0.5, 0.6) is 0 Å². The highest BCUT2D eigenvalue weighted by atomic mass is 16.2. The minimum Gasteiger partial charge on any atom is -0.307 e. The Balaban J connectivity index is 1.42. The summed E-state index contributed by atoms with van der Waals surface area (Å²) in [6.07, 6.45) is 2.47. The molecule has 2 heterocycles. The van der Waals surface area contributed by atoms with E-state index in [2.05, 4.69) is 40.6 Å². The number of aromatic nitrogens is 3. The Morgan fingerprint density at radius 2 is 1.42 bits per heavy atom. The second-order valence-electron chi connectivity index (χ2n) is 8.30. The third-order valence-electron chi connectivity index (χ3n) is 6.00. The lowest BCUT2D eigenvalue weighted by Crippen LogP contribution is -2.39. The Morgan fingerprint density at radius 3 is 2.13 bits per heavy atom. The molecule has 0 bridgehead atoms. The Hall–Kier alpha value is -3.73. The molecule has 154 valence electrons. The van der Waals surface area contributed by atoms with E-state index in [-0.39, 0.29) is 5.91 Å². The first-order valence-electron chi connectivity index (χ1n) is 10.5. The van der Waals surface area contributed by atoms with Crippen LogP contribution in [-0.4, -0.2) is 20.9 Å². The average Bonchev–Trinajstić information content (AvgIpc) is 3.32. The number of carbonyl (C=O) groups is 1. The molecule has 1 atom stereocenters. The molecule has 0 fully saturated rings. The van der Waals surface area contributed by atoms with Crippen molar-refractivity contribution >= 4 is 11.6 Å². The van der Waals surface area contributed by atoms with Crippen molar-refractivity contribution in [2.45, 2.75) is 31.8 Å². The number of amides is 1. The molecule has 0 unspecified atom stereocenters. The summed E-state index contributed by atoms with van der Waals surface area (Å²) in [5, 5.41) is 8.67. The van der Waals surface area contributed by atoms with Crippen molar-refractivity contribution in [1.29, 1.82) is 0 Å². The molecule has 0 spiro atoms. The summed E-state index contributed by atoms with van der Waals surface area (Å²) in [6.45, 7) is 3.25. The average molecular weight is 409 g/mol. The number of anilines is 1. The lowest BCUT2D eigenvalue weighted by Gasteiger charge is -2.23. The second-order valence-corrected chi connectivity index (χ2v) is 8.30. The van der Waals surface area contributed by atoms with Gasteiger partial charge in [-0.15, -0.1) is 5.10 Å². The fourth-order valence-corrected chi connectivity index (χ4v) is 4.42. The Labute approximate surface area is 182 Å². The number of fused-ring (bicyclic) bond motifs is 1. The first kappa shape index (κ1) is 19.2. The summed E-state index contributed by atoms with van der Waals surface area (Å²) < 4.78 is 1.83. The molecule has 31 heavy (non-hydrogen) atoms. The molecule has 1 aromatic heterocycles. The zero-order valence-electron chi connectivity index (χ0n) is 17.5. The van der Waals surface area contributed by atoms with Crippen molar-refractivity contribution < 1.29 is 4.79 Å². The number of rotatable bonds is 6. The molecule has 5 rings (SSSR count). The van der Waals surface area contributed by atoms with Gasteiger partial charge in [0.2, 0.25) is 5.91 Å². The van der Waals surface area contributed by atoms with E-state index in [1.165, 1.54) is 5.56 Å². The van der Waals surface area contributed by atoms with Crippen molar-refractivity contribution in [2.75, 3.05) is 4.90 Å². The molecule has 0 aliphatic carbocycles. The van der Waals surface area contributed by atoms with Gasteiger partial charge in [0, 0.05) is 18.3 Å².